The number of anilines is 1. The molecule has 0 bridgehead atoms. The fraction of sp³-hybridized carbons (Fsp3) is 0.294. The number of benzene rings is 2. The minimum atomic E-state index is -0.413. The normalized spacial score (nSPS) is 10.2. The van der Waals surface area contributed by atoms with E-state index in [-0.39, 0.29) is 5.69 Å². The zero-order valence-electron chi connectivity index (χ0n) is 12.4. The second-order valence-corrected chi connectivity index (χ2v) is 4.95. The van der Waals surface area contributed by atoms with Crippen molar-refractivity contribution in [1.82, 2.24) is 0 Å². The summed E-state index contributed by atoms with van der Waals surface area (Å²) in [6, 6.07) is 16.3. The van der Waals surface area contributed by atoms with Crippen molar-refractivity contribution in [2.24, 2.45) is 0 Å². The molecule has 0 aliphatic carbocycles. The average molecular weight is 300 g/mol. The Morgan fingerprint density at radius 3 is 2.36 bits per heavy atom. The van der Waals surface area contributed by atoms with Crippen LogP contribution in [0.1, 0.15) is 19.3 Å². The monoisotopic (exact) mass is 300 g/mol. The van der Waals surface area contributed by atoms with Crippen molar-refractivity contribution in [1.29, 1.82) is 0 Å². The van der Waals surface area contributed by atoms with Gasteiger partial charge in [-0.15, -0.1) is 0 Å². The zero-order chi connectivity index (χ0) is 15.6. The quantitative estimate of drug-likeness (QED) is 0.427. The van der Waals surface area contributed by atoms with E-state index in [0.29, 0.717) is 12.4 Å². The molecule has 0 saturated heterocycles. The van der Waals surface area contributed by atoms with E-state index in [0.717, 1.165) is 31.5 Å². The van der Waals surface area contributed by atoms with E-state index >= 15 is 0 Å². The van der Waals surface area contributed by atoms with Gasteiger partial charge in [0.15, 0.2) is 0 Å². The number of nitro groups is 1. The number of non-ortho nitro benzene ring substituents is 1. The van der Waals surface area contributed by atoms with E-state index < -0.39 is 4.92 Å². The van der Waals surface area contributed by atoms with E-state index in [1.807, 2.05) is 18.2 Å². The smallest absolute Gasteiger partial charge is 0.269 e. The lowest BCUT2D eigenvalue weighted by Crippen LogP contribution is -2.03. The third-order valence-electron chi connectivity index (χ3n) is 3.24. The number of hydrogen-bond donors (Lipinski definition) is 1. The molecule has 0 atom stereocenters. The maximum Gasteiger partial charge on any atom is 0.269 e. The zero-order valence-corrected chi connectivity index (χ0v) is 12.4. The van der Waals surface area contributed by atoms with Gasteiger partial charge in [0.1, 0.15) is 5.75 Å². The number of ether oxygens (including phenoxy) is 1. The Morgan fingerprint density at radius 1 is 0.955 bits per heavy atom. The van der Waals surface area contributed by atoms with Gasteiger partial charge in [0.05, 0.1) is 11.5 Å². The molecule has 0 heterocycles. The van der Waals surface area contributed by atoms with Crippen LogP contribution < -0.4 is 10.1 Å². The van der Waals surface area contributed by atoms with Crippen molar-refractivity contribution >= 4 is 11.4 Å². The molecule has 116 valence electrons. The largest absolute Gasteiger partial charge is 0.494 e. The maximum absolute atomic E-state index is 10.5. The summed E-state index contributed by atoms with van der Waals surface area (Å²) in [4.78, 5) is 10.1. The topological polar surface area (TPSA) is 64.4 Å². The van der Waals surface area contributed by atoms with E-state index in [4.69, 9.17) is 4.74 Å². The van der Waals surface area contributed by atoms with Crippen LogP contribution in [0.5, 0.6) is 5.75 Å². The molecule has 0 aliphatic rings. The van der Waals surface area contributed by atoms with Crippen LogP contribution in [-0.2, 0) is 0 Å². The number of unbranched alkanes of at least 4 members (excludes halogenated alkanes) is 2. The van der Waals surface area contributed by atoms with Gasteiger partial charge in [-0.3, -0.25) is 10.1 Å². The Morgan fingerprint density at radius 2 is 1.68 bits per heavy atom. The van der Waals surface area contributed by atoms with Crippen LogP contribution in [0.25, 0.3) is 0 Å². The maximum atomic E-state index is 10.5. The summed E-state index contributed by atoms with van der Waals surface area (Å²) >= 11 is 0. The lowest BCUT2D eigenvalue weighted by atomic mass is 10.2. The van der Waals surface area contributed by atoms with Crippen LogP contribution >= 0.6 is 0 Å². The first-order valence-corrected chi connectivity index (χ1v) is 7.42. The molecule has 0 saturated carbocycles. The number of hydrogen-bond acceptors (Lipinski definition) is 4. The molecule has 0 fully saturated rings. The third kappa shape index (κ3) is 5.44. The number of rotatable bonds is 9. The van der Waals surface area contributed by atoms with E-state index in [2.05, 4.69) is 17.4 Å². The second kappa shape index (κ2) is 8.67. The van der Waals surface area contributed by atoms with Gasteiger partial charge in [-0.1, -0.05) is 18.2 Å². The molecule has 0 unspecified atom stereocenters. The summed E-state index contributed by atoms with van der Waals surface area (Å²) < 4.78 is 5.56. The van der Waals surface area contributed by atoms with Gasteiger partial charge in [-0.25, -0.2) is 0 Å². The SMILES string of the molecule is O=[N+]([O-])c1ccc(OCCCCCNc2ccccc2)cc1. The van der Waals surface area contributed by atoms with Crippen molar-refractivity contribution < 1.29 is 9.66 Å². The minimum absolute atomic E-state index is 0.0827. The van der Waals surface area contributed by atoms with Gasteiger partial charge < -0.3 is 10.1 Å². The molecule has 22 heavy (non-hydrogen) atoms. The molecule has 2 aromatic carbocycles. The van der Waals surface area contributed by atoms with Crippen LogP contribution in [0.15, 0.2) is 54.6 Å². The highest BCUT2D eigenvalue weighted by Gasteiger charge is 2.03. The summed E-state index contributed by atoms with van der Waals surface area (Å²) in [5.74, 6) is 0.674. The standard InChI is InChI=1S/C17H20N2O3/c20-19(21)16-9-11-17(12-10-16)22-14-6-2-5-13-18-15-7-3-1-4-8-15/h1,3-4,7-12,18H,2,5-6,13-14H2. The Labute approximate surface area is 130 Å². The molecule has 0 aliphatic heterocycles. The molecule has 0 radical (unpaired) electrons. The molecule has 0 aromatic heterocycles. The highest BCUT2D eigenvalue weighted by Crippen LogP contribution is 2.17. The van der Waals surface area contributed by atoms with Gasteiger partial charge in [0, 0.05) is 24.4 Å². The van der Waals surface area contributed by atoms with E-state index in [1.165, 1.54) is 12.1 Å². The van der Waals surface area contributed by atoms with Crippen LogP contribution in [0.4, 0.5) is 11.4 Å². The van der Waals surface area contributed by atoms with Gasteiger partial charge in [-0.2, -0.15) is 0 Å². The number of nitrogens with one attached hydrogen (secondary N) is 1. The molecular weight excluding hydrogens is 280 g/mol. The number of nitro benzene ring substituents is 1. The summed E-state index contributed by atoms with van der Waals surface area (Å²) in [5, 5.41) is 13.9. The van der Waals surface area contributed by atoms with Crippen LogP contribution in [0, 0.1) is 10.1 Å². The molecule has 0 amide bonds. The Balaban J connectivity index is 1.55. The highest BCUT2D eigenvalue weighted by atomic mass is 16.6. The van der Waals surface area contributed by atoms with Crippen LogP contribution in [0.3, 0.4) is 0 Å². The molecule has 2 rings (SSSR count). The van der Waals surface area contributed by atoms with E-state index in [9.17, 15) is 10.1 Å². The predicted octanol–water partition coefficient (Wildman–Crippen LogP) is 4.26. The Bertz CT molecular complexity index is 570. The van der Waals surface area contributed by atoms with Gasteiger partial charge in [0.25, 0.3) is 5.69 Å². The first kappa shape index (κ1) is 15.8. The van der Waals surface area contributed by atoms with Crippen molar-refractivity contribution in [2.45, 2.75) is 19.3 Å². The second-order valence-electron chi connectivity index (χ2n) is 4.95. The minimum Gasteiger partial charge on any atom is -0.494 e. The summed E-state index contributed by atoms with van der Waals surface area (Å²) in [6.07, 6.45) is 3.12. The number of para-hydroxylation sites is 1. The van der Waals surface area contributed by atoms with Gasteiger partial charge in [0.2, 0.25) is 0 Å². The van der Waals surface area contributed by atoms with Crippen molar-refractivity contribution in [3.05, 3.63) is 64.7 Å². The molecule has 1 N–H and O–H groups in total. The average Bonchev–Trinajstić information content (AvgIpc) is 2.55. The first-order valence-electron chi connectivity index (χ1n) is 7.42. The third-order valence-corrected chi connectivity index (χ3v) is 3.24. The highest BCUT2D eigenvalue weighted by molar-refractivity contribution is 5.42. The lowest BCUT2D eigenvalue weighted by molar-refractivity contribution is -0.384. The first-order chi connectivity index (χ1) is 10.8. The molecule has 5 nitrogen and oxygen atoms in total. The Hall–Kier alpha value is -2.56. The predicted molar refractivity (Wildman–Crippen MR) is 87.4 cm³/mol. The summed E-state index contributed by atoms with van der Waals surface area (Å²) in [5.41, 5.74) is 1.23. The van der Waals surface area contributed by atoms with Gasteiger partial charge >= 0.3 is 0 Å². The van der Waals surface area contributed by atoms with Crippen molar-refractivity contribution in [3.63, 3.8) is 0 Å². The molecule has 2 aromatic rings. The fourth-order valence-electron chi connectivity index (χ4n) is 2.05. The van der Waals surface area contributed by atoms with Crippen molar-refractivity contribution in [2.75, 3.05) is 18.5 Å². The van der Waals surface area contributed by atoms with E-state index in [1.54, 1.807) is 12.1 Å². The van der Waals surface area contributed by atoms with Crippen LogP contribution in [-0.4, -0.2) is 18.1 Å². The molecular formula is C17H20N2O3. The fourth-order valence-corrected chi connectivity index (χ4v) is 2.05. The number of nitrogens with zero attached hydrogens (tertiary/aromatic N) is 1. The molecule has 5 heteroatoms. The lowest BCUT2D eigenvalue weighted by Gasteiger charge is -2.07. The summed E-state index contributed by atoms with van der Waals surface area (Å²) in [6.45, 7) is 1.57. The van der Waals surface area contributed by atoms with Crippen molar-refractivity contribution in [3.8, 4) is 5.75 Å². The molecule has 0 spiro atoms. The van der Waals surface area contributed by atoms with Crippen LogP contribution in [0.2, 0.25) is 0 Å². The summed E-state index contributed by atoms with van der Waals surface area (Å²) in [7, 11) is 0. The van der Waals surface area contributed by atoms with Gasteiger partial charge in [-0.05, 0) is 43.5 Å². The Kier molecular flexibility index (Phi) is 6.23.